The van der Waals surface area contributed by atoms with Gasteiger partial charge in [0.05, 0.1) is 5.69 Å². The van der Waals surface area contributed by atoms with E-state index in [1.165, 1.54) is 4.68 Å². The molecule has 1 N–H and O–H groups in total. The van der Waals surface area contributed by atoms with Crippen LogP contribution in [0.3, 0.4) is 0 Å². The van der Waals surface area contributed by atoms with Gasteiger partial charge in [-0.25, -0.2) is 4.68 Å². The SMILES string of the molecule is CCc1cn(CC(=O)Nc2ccccc2)nn1. The summed E-state index contributed by atoms with van der Waals surface area (Å²) < 4.78 is 1.54. The van der Waals surface area contributed by atoms with Crippen molar-refractivity contribution >= 4 is 11.6 Å². The van der Waals surface area contributed by atoms with Crippen LogP contribution in [-0.4, -0.2) is 20.9 Å². The van der Waals surface area contributed by atoms with Gasteiger partial charge in [-0.2, -0.15) is 0 Å². The fraction of sp³-hybridized carbons (Fsp3) is 0.250. The summed E-state index contributed by atoms with van der Waals surface area (Å²) in [7, 11) is 0. The van der Waals surface area contributed by atoms with E-state index in [9.17, 15) is 4.79 Å². The van der Waals surface area contributed by atoms with Crippen LogP contribution >= 0.6 is 0 Å². The quantitative estimate of drug-likeness (QED) is 0.865. The molecule has 0 spiro atoms. The molecule has 17 heavy (non-hydrogen) atoms. The van der Waals surface area contributed by atoms with Crippen LogP contribution in [0.15, 0.2) is 36.5 Å². The fourth-order valence-corrected chi connectivity index (χ4v) is 1.45. The number of aromatic nitrogens is 3. The number of anilines is 1. The van der Waals surface area contributed by atoms with Crippen LogP contribution in [0.2, 0.25) is 0 Å². The Labute approximate surface area is 99.5 Å². The first-order chi connectivity index (χ1) is 8.28. The molecule has 2 rings (SSSR count). The van der Waals surface area contributed by atoms with Gasteiger partial charge in [0.25, 0.3) is 0 Å². The largest absolute Gasteiger partial charge is 0.324 e. The number of nitrogens with one attached hydrogen (secondary N) is 1. The van der Waals surface area contributed by atoms with Gasteiger partial charge < -0.3 is 5.32 Å². The minimum atomic E-state index is -0.108. The zero-order valence-electron chi connectivity index (χ0n) is 9.63. The number of para-hydroxylation sites is 1. The summed E-state index contributed by atoms with van der Waals surface area (Å²) in [5, 5.41) is 10.6. The van der Waals surface area contributed by atoms with Gasteiger partial charge in [-0.1, -0.05) is 30.3 Å². The number of rotatable bonds is 4. The molecule has 2 aromatic rings. The van der Waals surface area contributed by atoms with Crippen LogP contribution in [0.1, 0.15) is 12.6 Å². The molecule has 0 aliphatic rings. The molecule has 0 bridgehead atoms. The molecule has 0 aliphatic heterocycles. The lowest BCUT2D eigenvalue weighted by molar-refractivity contribution is -0.116. The lowest BCUT2D eigenvalue weighted by Crippen LogP contribution is -2.19. The Kier molecular flexibility index (Phi) is 3.49. The number of hydrogen-bond donors (Lipinski definition) is 1. The third kappa shape index (κ3) is 3.14. The van der Waals surface area contributed by atoms with Gasteiger partial charge in [0.15, 0.2) is 0 Å². The van der Waals surface area contributed by atoms with Crippen LogP contribution in [0, 0.1) is 0 Å². The highest BCUT2D eigenvalue weighted by Gasteiger charge is 2.05. The van der Waals surface area contributed by atoms with E-state index in [0.29, 0.717) is 0 Å². The molecule has 0 saturated carbocycles. The van der Waals surface area contributed by atoms with Crippen molar-refractivity contribution in [2.45, 2.75) is 19.9 Å². The summed E-state index contributed by atoms with van der Waals surface area (Å²) >= 11 is 0. The van der Waals surface area contributed by atoms with Crippen molar-refractivity contribution in [3.05, 3.63) is 42.2 Å². The van der Waals surface area contributed by atoms with E-state index < -0.39 is 0 Å². The monoisotopic (exact) mass is 230 g/mol. The second kappa shape index (κ2) is 5.25. The number of aryl methyl sites for hydroxylation is 1. The van der Waals surface area contributed by atoms with E-state index in [0.717, 1.165) is 17.8 Å². The second-order valence-electron chi connectivity index (χ2n) is 3.68. The molecule has 0 fully saturated rings. The minimum absolute atomic E-state index is 0.108. The first-order valence-corrected chi connectivity index (χ1v) is 5.52. The highest BCUT2D eigenvalue weighted by molar-refractivity contribution is 5.90. The van der Waals surface area contributed by atoms with Crippen molar-refractivity contribution in [3.8, 4) is 0 Å². The molecular weight excluding hydrogens is 216 g/mol. The van der Waals surface area contributed by atoms with E-state index in [-0.39, 0.29) is 12.5 Å². The molecule has 0 radical (unpaired) electrons. The molecule has 0 unspecified atom stereocenters. The zero-order chi connectivity index (χ0) is 12.1. The normalized spacial score (nSPS) is 10.2. The lowest BCUT2D eigenvalue weighted by Gasteiger charge is -2.03. The Bertz CT molecular complexity index is 492. The van der Waals surface area contributed by atoms with E-state index in [1.54, 1.807) is 6.20 Å². The number of hydrogen-bond acceptors (Lipinski definition) is 3. The minimum Gasteiger partial charge on any atom is -0.324 e. The maximum atomic E-state index is 11.7. The van der Waals surface area contributed by atoms with Crippen molar-refractivity contribution in [2.75, 3.05) is 5.32 Å². The van der Waals surface area contributed by atoms with E-state index in [4.69, 9.17) is 0 Å². The van der Waals surface area contributed by atoms with E-state index in [2.05, 4.69) is 15.6 Å². The molecule has 0 aliphatic carbocycles. The maximum Gasteiger partial charge on any atom is 0.246 e. The van der Waals surface area contributed by atoms with Crippen molar-refractivity contribution in [3.63, 3.8) is 0 Å². The van der Waals surface area contributed by atoms with Gasteiger partial charge in [0, 0.05) is 11.9 Å². The summed E-state index contributed by atoms with van der Waals surface area (Å²) in [6, 6.07) is 9.34. The first kappa shape index (κ1) is 11.3. The smallest absolute Gasteiger partial charge is 0.246 e. The summed E-state index contributed by atoms with van der Waals surface area (Å²) in [5.41, 5.74) is 1.67. The van der Waals surface area contributed by atoms with Crippen LogP contribution in [0.5, 0.6) is 0 Å². The van der Waals surface area contributed by atoms with Gasteiger partial charge in [-0.3, -0.25) is 4.79 Å². The molecule has 1 heterocycles. The molecule has 0 atom stereocenters. The number of carbonyl (C=O) groups excluding carboxylic acids is 1. The number of carbonyl (C=O) groups is 1. The van der Waals surface area contributed by atoms with Gasteiger partial charge in [0.1, 0.15) is 6.54 Å². The average molecular weight is 230 g/mol. The molecule has 0 saturated heterocycles. The van der Waals surface area contributed by atoms with Crippen LogP contribution in [0.4, 0.5) is 5.69 Å². The third-order valence-electron chi connectivity index (χ3n) is 2.31. The Morgan fingerprint density at radius 3 is 2.76 bits per heavy atom. The molecular formula is C12H14N4O. The molecule has 5 nitrogen and oxygen atoms in total. The van der Waals surface area contributed by atoms with Crippen LogP contribution in [0.25, 0.3) is 0 Å². The van der Waals surface area contributed by atoms with E-state index >= 15 is 0 Å². The Balaban J connectivity index is 1.93. The molecule has 1 aromatic carbocycles. The summed E-state index contributed by atoms with van der Waals surface area (Å²) in [6.45, 7) is 2.18. The molecule has 88 valence electrons. The summed E-state index contributed by atoms with van der Waals surface area (Å²) in [5.74, 6) is -0.108. The average Bonchev–Trinajstić information content (AvgIpc) is 2.78. The van der Waals surface area contributed by atoms with Crippen molar-refractivity contribution < 1.29 is 4.79 Å². The fourth-order valence-electron chi connectivity index (χ4n) is 1.45. The summed E-state index contributed by atoms with van der Waals surface area (Å²) in [4.78, 5) is 11.7. The Hall–Kier alpha value is -2.17. The van der Waals surface area contributed by atoms with Gasteiger partial charge in [-0.05, 0) is 18.6 Å². The van der Waals surface area contributed by atoms with Gasteiger partial charge in [-0.15, -0.1) is 5.10 Å². The topological polar surface area (TPSA) is 59.8 Å². The number of benzene rings is 1. The van der Waals surface area contributed by atoms with Crippen molar-refractivity contribution in [1.29, 1.82) is 0 Å². The summed E-state index contributed by atoms with van der Waals surface area (Å²) in [6.07, 6.45) is 2.60. The van der Waals surface area contributed by atoms with Gasteiger partial charge >= 0.3 is 0 Å². The first-order valence-electron chi connectivity index (χ1n) is 5.52. The van der Waals surface area contributed by atoms with Crippen LogP contribution < -0.4 is 5.32 Å². The highest BCUT2D eigenvalue weighted by atomic mass is 16.2. The standard InChI is InChI=1S/C12H14N4O/c1-2-10-8-16(15-14-10)9-12(17)13-11-6-4-3-5-7-11/h3-8H,2,9H2,1H3,(H,13,17). The Morgan fingerprint density at radius 2 is 2.12 bits per heavy atom. The van der Waals surface area contributed by atoms with Crippen molar-refractivity contribution in [2.24, 2.45) is 0 Å². The van der Waals surface area contributed by atoms with Crippen molar-refractivity contribution in [1.82, 2.24) is 15.0 Å². The molecule has 5 heteroatoms. The maximum absolute atomic E-state index is 11.7. The molecule has 1 aromatic heterocycles. The highest BCUT2D eigenvalue weighted by Crippen LogP contribution is 2.04. The second-order valence-corrected chi connectivity index (χ2v) is 3.68. The number of nitrogens with zero attached hydrogens (tertiary/aromatic N) is 3. The number of amides is 1. The van der Waals surface area contributed by atoms with E-state index in [1.807, 2.05) is 37.3 Å². The molecule has 1 amide bonds. The third-order valence-corrected chi connectivity index (χ3v) is 2.31. The Morgan fingerprint density at radius 1 is 1.35 bits per heavy atom. The predicted molar refractivity (Wildman–Crippen MR) is 64.5 cm³/mol. The van der Waals surface area contributed by atoms with Crippen LogP contribution in [-0.2, 0) is 17.8 Å². The predicted octanol–water partition coefficient (Wildman–Crippen LogP) is 1.48. The lowest BCUT2D eigenvalue weighted by atomic mass is 10.3. The van der Waals surface area contributed by atoms with Gasteiger partial charge in [0.2, 0.25) is 5.91 Å². The zero-order valence-corrected chi connectivity index (χ0v) is 9.63.